The molecule has 5 amide bonds. The molecule has 1 aliphatic carbocycles. The topological polar surface area (TPSA) is 113 Å². The van der Waals surface area contributed by atoms with Crippen molar-refractivity contribution in [3.05, 3.63) is 70.3 Å². The lowest BCUT2D eigenvalue weighted by Crippen LogP contribution is -2.54. The van der Waals surface area contributed by atoms with E-state index in [4.69, 9.17) is 0 Å². The highest BCUT2D eigenvalue weighted by Gasteiger charge is 2.44. The predicted octanol–water partition coefficient (Wildman–Crippen LogP) is 1.90. The maximum absolute atomic E-state index is 13.0. The maximum Gasteiger partial charge on any atom is 0.262 e. The number of fused-ring (bicyclic) bond motifs is 2. The Labute approximate surface area is 184 Å². The molecule has 8 nitrogen and oxygen atoms in total. The first-order valence-corrected chi connectivity index (χ1v) is 10.7. The summed E-state index contributed by atoms with van der Waals surface area (Å²) in [4.78, 5) is 63.2. The smallest absolute Gasteiger partial charge is 0.262 e. The molecular weight excluding hydrogens is 410 g/mol. The van der Waals surface area contributed by atoms with Crippen molar-refractivity contribution in [1.82, 2.24) is 15.5 Å². The Morgan fingerprint density at radius 1 is 0.938 bits per heavy atom. The Morgan fingerprint density at radius 3 is 2.53 bits per heavy atom. The summed E-state index contributed by atoms with van der Waals surface area (Å²) in [5.74, 6) is -2.63. The first kappa shape index (κ1) is 20.1. The summed E-state index contributed by atoms with van der Waals surface area (Å²) in [5, 5.41) is 5.21. The summed E-state index contributed by atoms with van der Waals surface area (Å²) in [6, 6.07) is 11.2. The molecule has 2 atom stereocenters. The molecule has 0 bridgehead atoms. The normalized spacial score (nSPS) is 22.3. The van der Waals surface area contributed by atoms with Crippen molar-refractivity contribution in [3.63, 3.8) is 0 Å². The summed E-state index contributed by atoms with van der Waals surface area (Å²) in [7, 11) is 0. The van der Waals surface area contributed by atoms with Crippen LogP contribution in [0.3, 0.4) is 0 Å². The maximum atomic E-state index is 13.0. The van der Waals surface area contributed by atoms with Crippen LogP contribution in [-0.2, 0) is 16.0 Å². The first-order valence-electron chi connectivity index (χ1n) is 10.7. The van der Waals surface area contributed by atoms with E-state index < -0.39 is 29.7 Å². The molecule has 0 aromatic heterocycles. The molecule has 0 spiro atoms. The summed E-state index contributed by atoms with van der Waals surface area (Å²) in [5.41, 5.74) is 2.84. The largest absolute Gasteiger partial charge is 0.345 e. The van der Waals surface area contributed by atoms with Crippen LogP contribution in [0.2, 0.25) is 0 Å². The van der Waals surface area contributed by atoms with Gasteiger partial charge in [0.25, 0.3) is 17.7 Å². The molecule has 2 N–H and O–H groups in total. The predicted molar refractivity (Wildman–Crippen MR) is 113 cm³/mol. The summed E-state index contributed by atoms with van der Waals surface area (Å²) >= 11 is 0. The lowest BCUT2D eigenvalue weighted by Gasteiger charge is -2.27. The number of carbonyl (C=O) groups excluding carboxylic acids is 5. The summed E-state index contributed by atoms with van der Waals surface area (Å²) < 4.78 is 0. The van der Waals surface area contributed by atoms with Crippen LogP contribution >= 0.6 is 0 Å². The average Bonchev–Trinajstić information content (AvgIpc) is 3.04. The fourth-order valence-corrected chi connectivity index (χ4v) is 4.76. The van der Waals surface area contributed by atoms with Gasteiger partial charge < -0.3 is 5.32 Å². The third-order valence-corrected chi connectivity index (χ3v) is 6.38. The van der Waals surface area contributed by atoms with Crippen LogP contribution in [0.5, 0.6) is 0 Å². The van der Waals surface area contributed by atoms with E-state index in [-0.39, 0.29) is 41.5 Å². The molecule has 1 saturated heterocycles. The quantitative estimate of drug-likeness (QED) is 0.721. The molecule has 1 unspecified atom stereocenters. The van der Waals surface area contributed by atoms with Crippen LogP contribution in [0.25, 0.3) is 0 Å². The zero-order valence-corrected chi connectivity index (χ0v) is 17.2. The van der Waals surface area contributed by atoms with Gasteiger partial charge in [0.05, 0.1) is 17.2 Å². The molecule has 0 saturated carbocycles. The zero-order valence-electron chi connectivity index (χ0n) is 17.2. The van der Waals surface area contributed by atoms with Gasteiger partial charge in [-0.25, -0.2) is 0 Å². The monoisotopic (exact) mass is 431 g/mol. The van der Waals surface area contributed by atoms with Gasteiger partial charge in [-0.3, -0.25) is 34.2 Å². The van der Waals surface area contributed by atoms with Gasteiger partial charge in [0.2, 0.25) is 11.8 Å². The van der Waals surface area contributed by atoms with Crippen LogP contribution in [0.4, 0.5) is 0 Å². The number of imide groups is 2. The number of carbonyl (C=O) groups is 5. The number of rotatable bonds is 3. The average molecular weight is 431 g/mol. The number of amides is 5. The van der Waals surface area contributed by atoms with Crippen molar-refractivity contribution in [1.29, 1.82) is 0 Å². The molecule has 2 aromatic rings. The number of piperidine rings is 1. The highest BCUT2D eigenvalue weighted by atomic mass is 16.2. The molecule has 2 heterocycles. The van der Waals surface area contributed by atoms with Gasteiger partial charge in [-0.05, 0) is 55.0 Å². The number of hydrogen-bond donors (Lipinski definition) is 2. The molecule has 5 rings (SSSR count). The van der Waals surface area contributed by atoms with Gasteiger partial charge in [0.1, 0.15) is 6.04 Å². The van der Waals surface area contributed by atoms with Gasteiger partial charge in [-0.2, -0.15) is 0 Å². The number of nitrogens with zero attached hydrogens (tertiary/aromatic N) is 1. The number of nitrogens with one attached hydrogen (secondary N) is 2. The van der Waals surface area contributed by atoms with Crippen LogP contribution in [0.15, 0.2) is 42.5 Å². The van der Waals surface area contributed by atoms with Crippen LogP contribution < -0.4 is 10.6 Å². The minimum atomic E-state index is -1.03. The van der Waals surface area contributed by atoms with Crippen molar-refractivity contribution >= 4 is 29.5 Å². The van der Waals surface area contributed by atoms with Gasteiger partial charge in [-0.15, -0.1) is 0 Å². The highest BCUT2D eigenvalue weighted by molar-refractivity contribution is 6.24. The van der Waals surface area contributed by atoms with Crippen molar-refractivity contribution in [2.75, 3.05) is 0 Å². The number of hydrogen-bond acceptors (Lipinski definition) is 5. The number of benzene rings is 2. The highest BCUT2D eigenvalue weighted by Crippen LogP contribution is 2.31. The Balaban J connectivity index is 1.38. The fourth-order valence-electron chi connectivity index (χ4n) is 4.76. The Morgan fingerprint density at radius 2 is 1.72 bits per heavy atom. The van der Waals surface area contributed by atoms with E-state index in [0.29, 0.717) is 0 Å². The van der Waals surface area contributed by atoms with E-state index in [1.807, 2.05) is 18.2 Å². The second-order valence-electron chi connectivity index (χ2n) is 8.32. The summed E-state index contributed by atoms with van der Waals surface area (Å²) in [6.45, 7) is 0. The molecule has 2 aliphatic heterocycles. The van der Waals surface area contributed by atoms with Crippen LogP contribution in [0.1, 0.15) is 73.9 Å². The lowest BCUT2D eigenvalue weighted by molar-refractivity contribution is -0.136. The van der Waals surface area contributed by atoms with Crippen LogP contribution in [-0.4, -0.2) is 40.5 Å². The second kappa shape index (κ2) is 7.71. The van der Waals surface area contributed by atoms with Crippen molar-refractivity contribution in [3.8, 4) is 0 Å². The molecule has 32 heavy (non-hydrogen) atoms. The molecular formula is C24H21N3O5. The minimum Gasteiger partial charge on any atom is -0.345 e. The van der Waals surface area contributed by atoms with Gasteiger partial charge in [0, 0.05) is 12.0 Å². The van der Waals surface area contributed by atoms with Crippen LogP contribution in [0, 0.1) is 0 Å². The van der Waals surface area contributed by atoms with E-state index in [1.54, 1.807) is 0 Å². The molecule has 0 radical (unpaired) electrons. The molecule has 2 aromatic carbocycles. The van der Waals surface area contributed by atoms with E-state index in [9.17, 15) is 24.0 Å². The SMILES string of the molecule is O=C1CCC(N2C(=O)c3ccc(C(=O)N[C@@H]4CCCc5ccccc54)cc3C2=O)C(=O)N1. The van der Waals surface area contributed by atoms with E-state index >= 15 is 0 Å². The fraction of sp³-hybridized carbons (Fsp3) is 0.292. The molecule has 1 fully saturated rings. The Kier molecular flexibility index (Phi) is 4.84. The zero-order chi connectivity index (χ0) is 22.4. The van der Waals surface area contributed by atoms with Gasteiger partial charge in [-0.1, -0.05) is 24.3 Å². The van der Waals surface area contributed by atoms with Crippen molar-refractivity contribution in [2.45, 2.75) is 44.2 Å². The molecule has 3 aliphatic rings. The van der Waals surface area contributed by atoms with Gasteiger partial charge in [0.15, 0.2) is 0 Å². The summed E-state index contributed by atoms with van der Waals surface area (Å²) in [6.07, 6.45) is 2.92. The third kappa shape index (κ3) is 3.28. The Hall–Kier alpha value is -3.81. The van der Waals surface area contributed by atoms with E-state index in [0.717, 1.165) is 29.7 Å². The minimum absolute atomic E-state index is 0.0559. The Bertz CT molecular complexity index is 1190. The standard InChI is InChI=1S/C24H21N3O5/c28-20-11-10-19(22(30)26-20)27-23(31)16-9-8-14(12-17(16)24(27)32)21(29)25-18-7-3-5-13-4-1-2-6-15(13)18/h1-2,4,6,8-9,12,18-19H,3,5,7,10-11H2,(H,25,29)(H,26,28,30)/t18-,19?/m1/s1. The van der Waals surface area contributed by atoms with E-state index in [2.05, 4.69) is 16.7 Å². The van der Waals surface area contributed by atoms with Gasteiger partial charge >= 0.3 is 0 Å². The lowest BCUT2D eigenvalue weighted by atomic mass is 9.87. The molecule has 162 valence electrons. The van der Waals surface area contributed by atoms with Crippen molar-refractivity contribution < 1.29 is 24.0 Å². The van der Waals surface area contributed by atoms with E-state index in [1.165, 1.54) is 23.8 Å². The third-order valence-electron chi connectivity index (χ3n) is 6.38. The van der Waals surface area contributed by atoms with Crippen molar-refractivity contribution in [2.24, 2.45) is 0 Å². The number of aryl methyl sites for hydroxylation is 1. The first-order chi connectivity index (χ1) is 15.4. The second-order valence-corrected chi connectivity index (χ2v) is 8.32. The molecule has 8 heteroatoms.